The number of aromatic nitrogens is 1. The average Bonchev–Trinajstić information content (AvgIpc) is 2.33. The second-order valence-corrected chi connectivity index (χ2v) is 5.41. The van der Waals surface area contributed by atoms with Crippen molar-refractivity contribution in [3.05, 3.63) is 23.9 Å². The van der Waals surface area contributed by atoms with Crippen LogP contribution in [-0.2, 0) is 10.0 Å². The third-order valence-corrected chi connectivity index (χ3v) is 2.74. The fourth-order valence-corrected chi connectivity index (χ4v) is 1.68. The van der Waals surface area contributed by atoms with Gasteiger partial charge in [-0.1, -0.05) is 6.07 Å². The topological polar surface area (TPSA) is 100 Å². The van der Waals surface area contributed by atoms with Crippen molar-refractivity contribution in [2.75, 3.05) is 31.7 Å². The van der Waals surface area contributed by atoms with E-state index in [4.69, 9.17) is 0 Å². The van der Waals surface area contributed by atoms with E-state index in [0.717, 1.165) is 6.26 Å². The molecule has 1 amide bonds. The standard InChI is InChI=1S/C10H16N4O3S/c1-11-9-5-3-4-8(14-9)10(15)12-6-7-13-18(2,16)17/h3-5,13H,6-7H2,1-2H3,(H,11,14)(H,12,15). The lowest BCUT2D eigenvalue weighted by Crippen LogP contribution is -2.34. The molecule has 0 aliphatic carbocycles. The van der Waals surface area contributed by atoms with E-state index in [-0.39, 0.29) is 24.7 Å². The van der Waals surface area contributed by atoms with Crippen molar-refractivity contribution in [2.45, 2.75) is 0 Å². The van der Waals surface area contributed by atoms with E-state index >= 15 is 0 Å². The number of amides is 1. The second-order valence-electron chi connectivity index (χ2n) is 3.58. The zero-order chi connectivity index (χ0) is 13.6. The molecule has 0 unspecified atom stereocenters. The zero-order valence-corrected chi connectivity index (χ0v) is 11.0. The fourth-order valence-electron chi connectivity index (χ4n) is 1.20. The van der Waals surface area contributed by atoms with Crippen LogP contribution in [0.4, 0.5) is 5.82 Å². The summed E-state index contributed by atoms with van der Waals surface area (Å²) in [6.07, 6.45) is 1.06. The van der Waals surface area contributed by atoms with Gasteiger partial charge in [0.25, 0.3) is 5.91 Å². The van der Waals surface area contributed by atoms with Gasteiger partial charge in [-0.15, -0.1) is 0 Å². The number of nitrogens with one attached hydrogen (secondary N) is 3. The number of hydrogen-bond donors (Lipinski definition) is 3. The molecule has 3 N–H and O–H groups in total. The molecule has 0 fully saturated rings. The monoisotopic (exact) mass is 272 g/mol. The molecule has 0 radical (unpaired) electrons. The van der Waals surface area contributed by atoms with Gasteiger partial charge >= 0.3 is 0 Å². The molecule has 18 heavy (non-hydrogen) atoms. The Morgan fingerprint density at radius 1 is 1.33 bits per heavy atom. The first-order valence-corrected chi connectivity index (χ1v) is 7.19. The van der Waals surface area contributed by atoms with Gasteiger partial charge in [0.05, 0.1) is 6.26 Å². The van der Waals surface area contributed by atoms with E-state index in [2.05, 4.69) is 20.3 Å². The summed E-state index contributed by atoms with van der Waals surface area (Å²) in [7, 11) is -1.52. The van der Waals surface area contributed by atoms with E-state index in [1.807, 2.05) is 0 Å². The SMILES string of the molecule is CNc1cccc(C(=O)NCCNS(C)(=O)=O)n1. The summed E-state index contributed by atoms with van der Waals surface area (Å²) in [6.45, 7) is 0.355. The number of pyridine rings is 1. The van der Waals surface area contributed by atoms with Crippen molar-refractivity contribution >= 4 is 21.7 Å². The molecule has 0 atom stereocenters. The average molecular weight is 272 g/mol. The lowest BCUT2D eigenvalue weighted by Gasteiger charge is -2.06. The molecule has 0 aromatic carbocycles. The molecule has 1 rings (SSSR count). The van der Waals surface area contributed by atoms with Crippen molar-refractivity contribution in [1.29, 1.82) is 0 Å². The molecular weight excluding hydrogens is 256 g/mol. The maximum Gasteiger partial charge on any atom is 0.270 e. The summed E-state index contributed by atoms with van der Waals surface area (Å²) in [6, 6.07) is 5.03. The summed E-state index contributed by atoms with van der Waals surface area (Å²) in [5, 5.41) is 5.39. The number of hydrogen-bond acceptors (Lipinski definition) is 5. The Hall–Kier alpha value is -1.67. The number of nitrogens with zero attached hydrogens (tertiary/aromatic N) is 1. The van der Waals surface area contributed by atoms with Crippen LogP contribution in [0, 0.1) is 0 Å². The molecular formula is C10H16N4O3S. The Bertz CT molecular complexity index is 516. The van der Waals surface area contributed by atoms with Crippen molar-refractivity contribution in [1.82, 2.24) is 15.0 Å². The molecule has 0 aliphatic rings. The predicted molar refractivity (Wildman–Crippen MR) is 69.0 cm³/mol. The Labute approximate surface area is 106 Å². The number of anilines is 1. The molecule has 0 aliphatic heterocycles. The molecule has 7 nitrogen and oxygen atoms in total. The van der Waals surface area contributed by atoms with E-state index in [9.17, 15) is 13.2 Å². The van der Waals surface area contributed by atoms with Gasteiger partial charge in [0.2, 0.25) is 10.0 Å². The quantitative estimate of drug-likeness (QED) is 0.601. The first-order valence-electron chi connectivity index (χ1n) is 5.30. The normalized spacial score (nSPS) is 11.0. The first-order chi connectivity index (χ1) is 8.42. The van der Waals surface area contributed by atoms with Crippen molar-refractivity contribution < 1.29 is 13.2 Å². The Kier molecular flexibility index (Phi) is 5.05. The molecule has 0 saturated heterocycles. The zero-order valence-electron chi connectivity index (χ0n) is 10.2. The van der Waals surface area contributed by atoms with Crippen LogP contribution in [0.25, 0.3) is 0 Å². The maximum atomic E-state index is 11.7. The Balaban J connectivity index is 2.45. The van der Waals surface area contributed by atoms with Gasteiger partial charge in [-0.25, -0.2) is 18.1 Å². The van der Waals surface area contributed by atoms with Crippen LogP contribution in [-0.4, -0.2) is 45.7 Å². The molecule has 8 heteroatoms. The number of sulfonamides is 1. The minimum absolute atomic E-state index is 0.149. The number of rotatable bonds is 6. The van der Waals surface area contributed by atoms with Gasteiger partial charge < -0.3 is 10.6 Å². The smallest absolute Gasteiger partial charge is 0.270 e. The third-order valence-electron chi connectivity index (χ3n) is 2.01. The van der Waals surface area contributed by atoms with Gasteiger partial charge in [0.1, 0.15) is 11.5 Å². The molecule has 0 spiro atoms. The van der Waals surface area contributed by atoms with E-state index in [1.54, 1.807) is 25.2 Å². The highest BCUT2D eigenvalue weighted by atomic mass is 32.2. The molecule has 1 heterocycles. The minimum atomic E-state index is -3.22. The highest BCUT2D eigenvalue weighted by Crippen LogP contribution is 2.03. The second kappa shape index (κ2) is 6.31. The van der Waals surface area contributed by atoms with Crippen LogP contribution in [0.15, 0.2) is 18.2 Å². The highest BCUT2D eigenvalue weighted by Gasteiger charge is 2.07. The van der Waals surface area contributed by atoms with Crippen molar-refractivity contribution in [3.63, 3.8) is 0 Å². The summed E-state index contributed by atoms with van der Waals surface area (Å²) < 4.78 is 23.8. The highest BCUT2D eigenvalue weighted by molar-refractivity contribution is 7.88. The summed E-state index contributed by atoms with van der Waals surface area (Å²) in [5.74, 6) is 0.249. The van der Waals surface area contributed by atoms with Crippen LogP contribution >= 0.6 is 0 Å². The van der Waals surface area contributed by atoms with Gasteiger partial charge in [-0.05, 0) is 12.1 Å². The summed E-state index contributed by atoms with van der Waals surface area (Å²) in [5.41, 5.74) is 0.279. The molecule has 0 saturated carbocycles. The molecule has 1 aromatic rings. The van der Waals surface area contributed by atoms with Crippen molar-refractivity contribution in [3.8, 4) is 0 Å². The van der Waals surface area contributed by atoms with Crippen LogP contribution < -0.4 is 15.4 Å². The van der Waals surface area contributed by atoms with Gasteiger partial charge in [0.15, 0.2) is 0 Å². The largest absolute Gasteiger partial charge is 0.373 e. The summed E-state index contributed by atoms with van der Waals surface area (Å²) in [4.78, 5) is 15.7. The van der Waals surface area contributed by atoms with E-state index in [0.29, 0.717) is 5.82 Å². The van der Waals surface area contributed by atoms with E-state index in [1.165, 1.54) is 0 Å². The van der Waals surface area contributed by atoms with Gasteiger partial charge in [-0.3, -0.25) is 4.79 Å². The summed E-state index contributed by atoms with van der Waals surface area (Å²) >= 11 is 0. The molecule has 1 aromatic heterocycles. The Morgan fingerprint density at radius 2 is 2.06 bits per heavy atom. The van der Waals surface area contributed by atoms with Gasteiger partial charge in [0, 0.05) is 20.1 Å². The van der Waals surface area contributed by atoms with E-state index < -0.39 is 10.0 Å². The number of carbonyl (C=O) groups is 1. The third kappa shape index (κ3) is 5.11. The predicted octanol–water partition coefficient (Wildman–Crippen LogP) is -0.598. The van der Waals surface area contributed by atoms with Crippen LogP contribution in [0.3, 0.4) is 0 Å². The number of carbonyl (C=O) groups excluding carboxylic acids is 1. The maximum absolute atomic E-state index is 11.7. The molecule has 100 valence electrons. The lowest BCUT2D eigenvalue weighted by atomic mass is 10.3. The van der Waals surface area contributed by atoms with Crippen molar-refractivity contribution in [2.24, 2.45) is 0 Å². The fraction of sp³-hybridized carbons (Fsp3) is 0.400. The van der Waals surface area contributed by atoms with Gasteiger partial charge in [-0.2, -0.15) is 0 Å². The van der Waals surface area contributed by atoms with Crippen LogP contribution in [0.2, 0.25) is 0 Å². The van der Waals surface area contributed by atoms with Crippen LogP contribution in [0.5, 0.6) is 0 Å². The Morgan fingerprint density at radius 3 is 2.67 bits per heavy atom. The minimum Gasteiger partial charge on any atom is -0.373 e. The van der Waals surface area contributed by atoms with Crippen LogP contribution in [0.1, 0.15) is 10.5 Å². The first kappa shape index (κ1) is 14.4. The lowest BCUT2D eigenvalue weighted by molar-refractivity contribution is 0.0949. The molecule has 0 bridgehead atoms.